The van der Waals surface area contributed by atoms with Crippen molar-refractivity contribution in [1.82, 2.24) is 0 Å². The Bertz CT molecular complexity index is 5900. The standard InChI is InChI=1S/C15H10F6.C14H11F3.C14H14O.C14H12O.C14H14.C13H10Cl2.C13H10F2.C13H11F.8CH4/c1-9-2-4-10(5-3-9)11-6-12(14(16,17)18)8-13(7-11)15(19,20)21;1-10-6-8-11(9-7-10)12-4-2-3-5-13(12)14(15,16)17;1-11-7-9-12(10-8-11)13-5-3-4-6-14(13)15-2;1-11-3-2-4-14(9-11)13-7-5-12(10-15)6-8-13;1-11-7-9-13(10-8-11)14-6-4-3-5-12(14)2;2*1-9-5-7-10(8-6-9)13-11(14)3-2-4-12(13)15;1-10-6-8-11(9-7-10)12-4-2-3-5-13(12)14;;;;;;;;/h2-8H,1H3;2-9H,1H3;3-10H,1-2H3;2-10H,1H3;3-10H,1-2H3;2*2-8H,1H3;2-9H,1H3;8*1H4. The van der Waals surface area contributed by atoms with Gasteiger partial charge in [-0.15, -0.1) is 0 Å². The van der Waals surface area contributed by atoms with E-state index in [-0.39, 0.29) is 88.0 Å². The van der Waals surface area contributed by atoms with Gasteiger partial charge >= 0.3 is 18.5 Å². The molecule has 706 valence electrons. The normalized spacial score (nSPS) is 10.1. The van der Waals surface area contributed by atoms with E-state index in [4.69, 9.17) is 27.9 Å². The maximum absolute atomic E-state index is 13.4. The Morgan fingerprint density at radius 3 is 0.940 bits per heavy atom. The van der Waals surface area contributed by atoms with Gasteiger partial charge in [0.05, 0.1) is 29.4 Å². The van der Waals surface area contributed by atoms with E-state index < -0.39 is 46.9 Å². The molecular weight excluding hydrogens is 1750 g/mol. The van der Waals surface area contributed by atoms with E-state index in [2.05, 4.69) is 144 Å². The second-order valence-corrected chi connectivity index (χ2v) is 30.5. The van der Waals surface area contributed by atoms with Crippen molar-refractivity contribution in [3.05, 3.63) is 470 Å². The van der Waals surface area contributed by atoms with Crippen LogP contribution in [0.2, 0.25) is 10.0 Å². The van der Waals surface area contributed by atoms with E-state index in [0.717, 1.165) is 74.7 Å². The molecule has 0 spiro atoms. The van der Waals surface area contributed by atoms with Crippen molar-refractivity contribution in [1.29, 1.82) is 0 Å². The molecule has 0 amide bonds. The minimum atomic E-state index is -4.83. The lowest BCUT2D eigenvalue weighted by molar-refractivity contribution is -0.143. The molecule has 16 heteroatoms. The molecule has 0 aromatic heterocycles. The van der Waals surface area contributed by atoms with Crippen LogP contribution in [0.15, 0.2) is 370 Å². The summed E-state index contributed by atoms with van der Waals surface area (Å²) in [7, 11) is 1.70. The van der Waals surface area contributed by atoms with Crippen molar-refractivity contribution >= 4 is 29.5 Å². The van der Waals surface area contributed by atoms with Gasteiger partial charge < -0.3 is 4.74 Å². The van der Waals surface area contributed by atoms with Gasteiger partial charge in [-0.05, 0) is 195 Å². The SMILES string of the molecule is C.C.C.C.C.C.C.C.COc1ccccc1-c1ccc(C)cc1.Cc1ccc(-c2c(Cl)cccc2Cl)cc1.Cc1ccc(-c2c(F)cccc2F)cc1.Cc1ccc(-c2cc(C(F)(F)F)cc(C(F)(F)F)c2)cc1.Cc1ccc(-c2ccccc2C(F)(F)F)cc1.Cc1ccc(-c2ccccc2C)cc1.Cc1ccc(-c2ccccc2F)cc1.Cc1cccc(-c2ccc(C=O)cc2)c1. The topological polar surface area (TPSA) is 26.3 Å². The molecule has 0 radical (unpaired) electrons. The molecular formula is C118H124Cl2F12O2. The number of para-hydroxylation sites is 1. The summed E-state index contributed by atoms with van der Waals surface area (Å²) < 4.78 is 160. The average Bonchev–Trinajstić information content (AvgIpc) is 0.796. The maximum Gasteiger partial charge on any atom is 0.417 e. The summed E-state index contributed by atoms with van der Waals surface area (Å²) in [5, 5.41) is 1.37. The van der Waals surface area contributed by atoms with E-state index >= 15 is 0 Å². The number of carbonyl (C=O) groups excluding carboxylic acids is 1. The van der Waals surface area contributed by atoms with Gasteiger partial charge in [0, 0.05) is 32.3 Å². The van der Waals surface area contributed by atoms with E-state index in [0.29, 0.717) is 37.9 Å². The van der Waals surface area contributed by atoms with Gasteiger partial charge in [-0.3, -0.25) is 4.79 Å². The molecule has 0 saturated carbocycles. The van der Waals surface area contributed by atoms with Gasteiger partial charge in [0.2, 0.25) is 0 Å². The minimum absolute atomic E-state index is 0. The smallest absolute Gasteiger partial charge is 0.417 e. The van der Waals surface area contributed by atoms with Crippen LogP contribution in [0.1, 0.15) is 137 Å². The van der Waals surface area contributed by atoms with Crippen LogP contribution in [-0.4, -0.2) is 13.4 Å². The van der Waals surface area contributed by atoms with Crippen LogP contribution < -0.4 is 4.74 Å². The Kier molecular flexibility index (Phi) is 50.1. The van der Waals surface area contributed by atoms with Gasteiger partial charge in [-0.1, -0.05) is 437 Å². The average molecular weight is 1870 g/mol. The van der Waals surface area contributed by atoms with Crippen LogP contribution in [0, 0.1) is 79.8 Å². The van der Waals surface area contributed by atoms with E-state index in [1.54, 1.807) is 68.6 Å². The third-order valence-electron chi connectivity index (χ3n) is 19.8. The van der Waals surface area contributed by atoms with Gasteiger partial charge in [0.1, 0.15) is 29.5 Å². The third kappa shape index (κ3) is 35.7. The Morgan fingerprint density at radius 1 is 0.246 bits per heavy atom. The summed E-state index contributed by atoms with van der Waals surface area (Å²) in [5.74, 6) is -0.310. The van der Waals surface area contributed by atoms with Crippen LogP contribution in [0.4, 0.5) is 52.7 Å². The molecule has 16 rings (SSSR count). The highest BCUT2D eigenvalue weighted by molar-refractivity contribution is 6.39. The molecule has 0 aliphatic carbocycles. The number of benzene rings is 16. The van der Waals surface area contributed by atoms with E-state index in [9.17, 15) is 57.5 Å². The van der Waals surface area contributed by atoms with Crippen molar-refractivity contribution in [2.24, 2.45) is 0 Å². The first kappa shape index (κ1) is 119. The monoisotopic (exact) mass is 1870 g/mol. The first-order valence-electron chi connectivity index (χ1n) is 40.0. The zero-order valence-corrected chi connectivity index (χ0v) is 72.4. The number of alkyl halides is 9. The largest absolute Gasteiger partial charge is 0.496 e. The Labute approximate surface area is 798 Å². The predicted molar refractivity (Wildman–Crippen MR) is 548 cm³/mol. The first-order valence-corrected chi connectivity index (χ1v) is 40.7. The number of rotatable bonds is 10. The minimum Gasteiger partial charge on any atom is -0.496 e. The summed E-state index contributed by atoms with van der Waals surface area (Å²) in [6.07, 6.45) is -13.1. The number of halogens is 14. The third-order valence-corrected chi connectivity index (χ3v) is 20.4. The highest BCUT2D eigenvalue weighted by Gasteiger charge is 2.37. The zero-order chi connectivity index (χ0) is 91.3. The summed E-state index contributed by atoms with van der Waals surface area (Å²) in [6, 6.07) is 109. The number of aldehydes is 1. The summed E-state index contributed by atoms with van der Waals surface area (Å²) in [5.41, 5.74) is 20.4. The van der Waals surface area contributed by atoms with Gasteiger partial charge in [-0.2, -0.15) is 39.5 Å². The Hall–Kier alpha value is -13.3. The molecule has 0 unspecified atom stereocenters. The zero-order valence-electron chi connectivity index (χ0n) is 70.9. The molecule has 134 heavy (non-hydrogen) atoms. The fraction of sp³-hybridized carbons (Fsp3) is 0.178. The highest BCUT2D eigenvalue weighted by Crippen LogP contribution is 2.41. The van der Waals surface area contributed by atoms with Crippen molar-refractivity contribution < 1.29 is 62.2 Å². The predicted octanol–water partition coefficient (Wildman–Crippen LogP) is 39.3. The van der Waals surface area contributed by atoms with Crippen molar-refractivity contribution in [3.63, 3.8) is 0 Å². The van der Waals surface area contributed by atoms with Crippen LogP contribution in [-0.2, 0) is 18.5 Å². The molecule has 0 heterocycles. The maximum atomic E-state index is 13.4. The van der Waals surface area contributed by atoms with Crippen LogP contribution in [0.25, 0.3) is 89.0 Å². The van der Waals surface area contributed by atoms with E-state index in [1.165, 1.54) is 104 Å². The lowest BCUT2D eigenvalue weighted by Crippen LogP contribution is -2.11. The van der Waals surface area contributed by atoms with Crippen LogP contribution in [0.5, 0.6) is 5.75 Å². The number of hydrogen-bond donors (Lipinski definition) is 0. The number of hydrogen-bond acceptors (Lipinski definition) is 2. The second kappa shape index (κ2) is 56.6. The first-order chi connectivity index (χ1) is 60.1. The quantitative estimate of drug-likeness (QED) is 0.101. The number of aryl methyl sites for hydroxylation is 9. The lowest BCUT2D eigenvalue weighted by Gasteiger charge is -2.14. The van der Waals surface area contributed by atoms with Crippen LogP contribution in [0.3, 0.4) is 0 Å². The molecule has 0 N–H and O–H groups in total. The molecule has 0 saturated heterocycles. The summed E-state index contributed by atoms with van der Waals surface area (Å²) >= 11 is 12.2. The Morgan fingerprint density at radius 2 is 0.552 bits per heavy atom. The fourth-order valence-electron chi connectivity index (χ4n) is 12.8. The number of methoxy groups -OCH3 is 1. The van der Waals surface area contributed by atoms with Crippen molar-refractivity contribution in [2.75, 3.05) is 7.11 Å². The van der Waals surface area contributed by atoms with Crippen LogP contribution >= 0.6 is 23.2 Å². The lowest BCUT2D eigenvalue weighted by atomic mass is 9.98. The van der Waals surface area contributed by atoms with Crippen molar-refractivity contribution in [2.45, 2.75) is 140 Å². The number of carbonyl (C=O) groups is 1. The molecule has 0 bridgehead atoms. The molecule has 0 aliphatic heterocycles. The molecule has 2 nitrogen and oxygen atoms in total. The molecule has 0 aliphatic rings. The molecule has 16 aromatic rings. The van der Waals surface area contributed by atoms with E-state index in [1.807, 2.05) is 154 Å². The fourth-order valence-corrected chi connectivity index (χ4v) is 13.4. The second-order valence-electron chi connectivity index (χ2n) is 29.7. The van der Waals surface area contributed by atoms with Gasteiger partial charge in [0.25, 0.3) is 0 Å². The summed E-state index contributed by atoms with van der Waals surface area (Å²) in [4.78, 5) is 10.5. The van der Waals surface area contributed by atoms with Crippen molar-refractivity contribution in [3.8, 4) is 94.8 Å². The molecule has 0 fully saturated rings. The van der Waals surface area contributed by atoms with Gasteiger partial charge in [-0.25, -0.2) is 13.2 Å². The summed E-state index contributed by atoms with van der Waals surface area (Å²) in [6.45, 7) is 18.1. The number of ether oxygens (including phenoxy) is 1. The molecule has 16 aromatic carbocycles. The highest BCUT2D eigenvalue weighted by atomic mass is 35.5. The van der Waals surface area contributed by atoms with Gasteiger partial charge in [0.15, 0.2) is 0 Å². The Balaban J connectivity index is 0.000000761. The molecule has 0 atom stereocenters.